The van der Waals surface area contributed by atoms with Gasteiger partial charge in [-0.15, -0.1) is 0 Å². The fourth-order valence-corrected chi connectivity index (χ4v) is 4.87. The van der Waals surface area contributed by atoms with Gasteiger partial charge in [0.25, 0.3) is 0 Å². The zero-order chi connectivity index (χ0) is 19.2. The van der Waals surface area contributed by atoms with Gasteiger partial charge in [-0.05, 0) is 41.6 Å². The van der Waals surface area contributed by atoms with Crippen LogP contribution in [0.15, 0.2) is 48.5 Å². The highest BCUT2D eigenvalue weighted by Crippen LogP contribution is 2.51. The number of fused-ring (bicyclic) bond motifs is 3. The van der Waals surface area contributed by atoms with E-state index >= 15 is 0 Å². The van der Waals surface area contributed by atoms with Crippen LogP contribution in [-0.4, -0.2) is 18.5 Å². The van der Waals surface area contributed by atoms with Crippen LogP contribution in [0.4, 0.5) is 5.69 Å². The summed E-state index contributed by atoms with van der Waals surface area (Å²) in [6.07, 6.45) is 0.942. The van der Waals surface area contributed by atoms with Crippen LogP contribution in [0.1, 0.15) is 56.0 Å². The Morgan fingerprint density at radius 1 is 1.11 bits per heavy atom. The van der Waals surface area contributed by atoms with Crippen molar-refractivity contribution in [2.45, 2.75) is 44.7 Å². The van der Waals surface area contributed by atoms with E-state index in [9.17, 15) is 5.26 Å². The molecule has 0 saturated carbocycles. The Balaban J connectivity index is 1.82. The third-order valence-corrected chi connectivity index (χ3v) is 6.26. The second-order valence-electron chi connectivity index (χ2n) is 9.19. The van der Waals surface area contributed by atoms with E-state index in [4.69, 9.17) is 0 Å². The molecule has 1 N–H and O–H groups in total. The molecule has 27 heavy (non-hydrogen) atoms. The van der Waals surface area contributed by atoms with Crippen molar-refractivity contribution in [3.8, 4) is 6.07 Å². The van der Waals surface area contributed by atoms with Crippen molar-refractivity contribution in [1.29, 1.82) is 5.26 Å². The first-order chi connectivity index (χ1) is 12.9. The average Bonchev–Trinajstić information content (AvgIpc) is 2.66. The predicted octanol–water partition coefficient (Wildman–Crippen LogP) is 5.28. The molecule has 1 fully saturated rings. The van der Waals surface area contributed by atoms with Crippen LogP contribution in [0.2, 0.25) is 0 Å². The summed E-state index contributed by atoms with van der Waals surface area (Å²) >= 11 is 0. The molecule has 0 radical (unpaired) electrons. The van der Waals surface area contributed by atoms with Gasteiger partial charge >= 0.3 is 0 Å². The molecule has 2 aromatic rings. The topological polar surface area (TPSA) is 39.1 Å². The number of nitrogens with one attached hydrogen (secondary N) is 1. The molecule has 0 spiro atoms. The molecule has 4 atom stereocenters. The van der Waals surface area contributed by atoms with E-state index in [0.717, 1.165) is 13.0 Å². The lowest BCUT2D eigenvalue weighted by Gasteiger charge is -2.49. The number of nitrogens with zero attached hydrogens (tertiary/aromatic N) is 2. The van der Waals surface area contributed by atoms with Crippen molar-refractivity contribution in [3.05, 3.63) is 65.2 Å². The Labute approximate surface area is 163 Å². The lowest BCUT2D eigenvalue weighted by atomic mass is 9.71. The summed E-state index contributed by atoms with van der Waals surface area (Å²) in [4.78, 5) is 2.41. The number of nitriles is 1. The molecule has 2 aromatic carbocycles. The molecule has 2 aliphatic rings. The standard InChI is InChI=1S/C24H29N3/c1-24(2,3)18-10-11-21-19(13-18)23-20(12-16(14-25)15-27(23)4)22(26-21)17-8-6-5-7-9-17/h5-11,13,16,20,22-23,26H,12,15H2,1-4H3. The van der Waals surface area contributed by atoms with Gasteiger partial charge in [0.05, 0.1) is 18.0 Å². The molecule has 2 aliphatic heterocycles. The normalized spacial score (nSPS) is 27.8. The second kappa shape index (κ2) is 6.69. The Bertz CT molecular complexity index is 859. The summed E-state index contributed by atoms with van der Waals surface area (Å²) in [5.41, 5.74) is 5.43. The third kappa shape index (κ3) is 3.24. The van der Waals surface area contributed by atoms with Gasteiger partial charge in [0.15, 0.2) is 0 Å². The van der Waals surface area contributed by atoms with Crippen molar-refractivity contribution in [2.24, 2.45) is 11.8 Å². The summed E-state index contributed by atoms with van der Waals surface area (Å²) in [5.74, 6) is 0.482. The monoisotopic (exact) mass is 359 g/mol. The lowest BCUT2D eigenvalue weighted by molar-refractivity contribution is 0.0799. The molecule has 0 aromatic heterocycles. The maximum atomic E-state index is 9.60. The van der Waals surface area contributed by atoms with Crippen molar-refractivity contribution in [1.82, 2.24) is 4.90 Å². The fourth-order valence-electron chi connectivity index (χ4n) is 4.87. The minimum atomic E-state index is 0.0941. The molecule has 1 saturated heterocycles. The molecule has 3 nitrogen and oxygen atoms in total. The SMILES string of the molecule is CN1CC(C#N)CC2C(c3ccccc3)Nc3ccc(C(C)(C)C)cc3C21. The second-order valence-corrected chi connectivity index (χ2v) is 9.19. The zero-order valence-corrected chi connectivity index (χ0v) is 16.7. The molecule has 4 unspecified atom stereocenters. The number of anilines is 1. The average molecular weight is 360 g/mol. The van der Waals surface area contributed by atoms with E-state index in [1.54, 1.807) is 0 Å². The van der Waals surface area contributed by atoms with Gasteiger partial charge in [0.1, 0.15) is 0 Å². The molecule has 2 heterocycles. The highest BCUT2D eigenvalue weighted by Gasteiger charge is 2.44. The molecule has 140 valence electrons. The predicted molar refractivity (Wildman–Crippen MR) is 111 cm³/mol. The minimum Gasteiger partial charge on any atom is -0.378 e. The van der Waals surface area contributed by atoms with Crippen LogP contribution >= 0.6 is 0 Å². The Hall–Kier alpha value is -2.31. The van der Waals surface area contributed by atoms with Gasteiger partial charge in [0, 0.05) is 24.2 Å². The maximum absolute atomic E-state index is 9.60. The first-order valence-corrected chi connectivity index (χ1v) is 9.94. The van der Waals surface area contributed by atoms with Crippen molar-refractivity contribution in [3.63, 3.8) is 0 Å². The highest BCUT2D eigenvalue weighted by molar-refractivity contribution is 5.59. The van der Waals surface area contributed by atoms with Crippen molar-refractivity contribution in [2.75, 3.05) is 18.9 Å². The zero-order valence-electron chi connectivity index (χ0n) is 16.7. The largest absolute Gasteiger partial charge is 0.378 e. The van der Waals surface area contributed by atoms with Gasteiger partial charge in [-0.1, -0.05) is 63.2 Å². The van der Waals surface area contributed by atoms with Gasteiger partial charge in [0.2, 0.25) is 0 Å². The van der Waals surface area contributed by atoms with E-state index in [2.05, 4.69) is 92.6 Å². The maximum Gasteiger partial charge on any atom is 0.0669 e. The van der Waals surface area contributed by atoms with Crippen LogP contribution in [-0.2, 0) is 5.41 Å². The van der Waals surface area contributed by atoms with Crippen LogP contribution in [0.25, 0.3) is 0 Å². The molecule has 0 aliphatic carbocycles. The van der Waals surface area contributed by atoms with Gasteiger partial charge in [-0.25, -0.2) is 0 Å². The molecule has 3 heteroatoms. The quantitative estimate of drug-likeness (QED) is 0.752. The number of piperidine rings is 1. The fraction of sp³-hybridized carbons (Fsp3) is 0.458. The summed E-state index contributed by atoms with van der Waals surface area (Å²) < 4.78 is 0. The molecule has 0 bridgehead atoms. The smallest absolute Gasteiger partial charge is 0.0669 e. The lowest BCUT2D eigenvalue weighted by Crippen LogP contribution is -2.46. The van der Waals surface area contributed by atoms with Crippen LogP contribution in [0.3, 0.4) is 0 Å². The highest BCUT2D eigenvalue weighted by atomic mass is 15.2. The van der Waals surface area contributed by atoms with E-state index in [-0.39, 0.29) is 17.4 Å². The molecule has 0 amide bonds. The van der Waals surface area contributed by atoms with Crippen molar-refractivity contribution >= 4 is 5.69 Å². The number of likely N-dealkylation sites (tertiary alicyclic amines) is 1. The van der Waals surface area contributed by atoms with E-state index in [1.165, 1.54) is 22.4 Å². The first kappa shape index (κ1) is 18.1. The minimum absolute atomic E-state index is 0.0941. The van der Waals surface area contributed by atoms with Crippen LogP contribution in [0.5, 0.6) is 0 Å². The summed E-state index contributed by atoms with van der Waals surface area (Å²) in [6, 6.07) is 20.7. The number of hydrogen-bond acceptors (Lipinski definition) is 3. The third-order valence-electron chi connectivity index (χ3n) is 6.26. The molecular formula is C24H29N3. The van der Waals surface area contributed by atoms with E-state index in [0.29, 0.717) is 12.0 Å². The van der Waals surface area contributed by atoms with Crippen LogP contribution in [0, 0.1) is 23.2 Å². The van der Waals surface area contributed by atoms with Gasteiger partial charge in [-0.3, -0.25) is 4.90 Å². The first-order valence-electron chi connectivity index (χ1n) is 9.94. The van der Waals surface area contributed by atoms with E-state index in [1.807, 2.05) is 0 Å². The Morgan fingerprint density at radius 3 is 2.52 bits per heavy atom. The number of benzene rings is 2. The molecule has 4 rings (SSSR count). The summed E-state index contributed by atoms with van der Waals surface area (Å²) in [5, 5.41) is 13.4. The number of hydrogen-bond donors (Lipinski definition) is 1. The van der Waals surface area contributed by atoms with E-state index < -0.39 is 0 Å². The number of rotatable bonds is 1. The molecular weight excluding hydrogens is 330 g/mol. The summed E-state index contributed by atoms with van der Waals surface area (Å²) in [6.45, 7) is 7.65. The Kier molecular flexibility index (Phi) is 4.48. The van der Waals surface area contributed by atoms with Gasteiger partial charge in [-0.2, -0.15) is 5.26 Å². The van der Waals surface area contributed by atoms with Crippen molar-refractivity contribution < 1.29 is 0 Å². The van der Waals surface area contributed by atoms with Gasteiger partial charge < -0.3 is 5.32 Å². The Morgan fingerprint density at radius 2 is 1.85 bits per heavy atom. The van der Waals surface area contributed by atoms with Crippen LogP contribution < -0.4 is 5.32 Å². The summed E-state index contributed by atoms with van der Waals surface area (Å²) in [7, 11) is 2.18.